The highest BCUT2D eigenvalue weighted by Gasteiger charge is 2.36. The van der Waals surface area contributed by atoms with Crippen molar-refractivity contribution >= 4 is 17.5 Å². The van der Waals surface area contributed by atoms with Crippen molar-refractivity contribution in [1.82, 2.24) is 15.3 Å². The Morgan fingerprint density at radius 3 is 2.50 bits per heavy atom. The van der Waals surface area contributed by atoms with Gasteiger partial charge in [0.15, 0.2) is 5.69 Å². The molecule has 0 radical (unpaired) electrons. The molecule has 0 bridgehead atoms. The average Bonchev–Trinajstić information content (AvgIpc) is 2.68. The molecule has 1 N–H and O–H groups in total. The number of nitrogens with zero attached hydrogens (tertiary/aromatic N) is 2. The highest BCUT2D eigenvalue weighted by molar-refractivity contribution is 6.30. The minimum Gasteiger partial charge on any atom is -0.352 e. The van der Waals surface area contributed by atoms with Crippen molar-refractivity contribution in [3.05, 3.63) is 82.9 Å². The molecule has 0 saturated carbocycles. The average molecular weight is 406 g/mol. The molecule has 3 rings (SSSR count). The highest BCUT2D eigenvalue weighted by atomic mass is 35.5. The molecule has 0 fully saturated rings. The molecule has 0 saturated heterocycles. The summed E-state index contributed by atoms with van der Waals surface area (Å²) in [5.74, 6) is -0.804. The topological polar surface area (TPSA) is 54.9 Å². The van der Waals surface area contributed by atoms with Crippen LogP contribution in [0.3, 0.4) is 0 Å². The van der Waals surface area contributed by atoms with Crippen LogP contribution in [0.5, 0.6) is 0 Å². The van der Waals surface area contributed by atoms with Crippen LogP contribution >= 0.6 is 11.6 Å². The summed E-state index contributed by atoms with van der Waals surface area (Å²) in [6.07, 6.45) is 0.0543. The number of aromatic nitrogens is 2. The van der Waals surface area contributed by atoms with E-state index in [0.717, 1.165) is 29.0 Å². The van der Waals surface area contributed by atoms with Gasteiger partial charge >= 0.3 is 6.18 Å². The van der Waals surface area contributed by atoms with E-state index in [4.69, 9.17) is 11.6 Å². The summed E-state index contributed by atoms with van der Waals surface area (Å²) < 4.78 is 38.8. The summed E-state index contributed by atoms with van der Waals surface area (Å²) in [6.45, 7) is 0.198. The van der Waals surface area contributed by atoms with Crippen LogP contribution in [-0.2, 0) is 12.6 Å². The Morgan fingerprint density at radius 2 is 1.82 bits per heavy atom. The van der Waals surface area contributed by atoms with E-state index in [9.17, 15) is 18.0 Å². The summed E-state index contributed by atoms with van der Waals surface area (Å²) >= 11 is 5.94. The summed E-state index contributed by atoms with van der Waals surface area (Å²) in [4.78, 5) is 19.4. The lowest BCUT2D eigenvalue weighted by Gasteiger charge is -2.11. The van der Waals surface area contributed by atoms with Gasteiger partial charge in [0.25, 0.3) is 5.91 Å². The van der Waals surface area contributed by atoms with Gasteiger partial charge in [0.05, 0.1) is 10.6 Å². The molecule has 0 atom stereocenters. The number of halogens is 4. The number of nitrogens with one attached hydrogen (secondary N) is 1. The van der Waals surface area contributed by atoms with Crippen molar-refractivity contribution in [2.24, 2.45) is 0 Å². The molecule has 1 amide bonds. The molecule has 0 aliphatic heterocycles. The van der Waals surface area contributed by atoms with Crippen molar-refractivity contribution in [3.8, 4) is 11.1 Å². The first-order valence-electron chi connectivity index (χ1n) is 8.35. The molecule has 0 unspecified atom stereocenters. The second kappa shape index (κ2) is 8.39. The standard InChI is InChI=1S/C20H15ClF3N3O/c21-16-10-15(11-25-12-16)14-5-3-13(4-6-14)7-9-27-19(28)17-2-1-8-26-18(17)20(22,23)24/h1-6,8,10-12H,7,9H2,(H,27,28). The van der Waals surface area contributed by atoms with Crippen molar-refractivity contribution in [3.63, 3.8) is 0 Å². The monoisotopic (exact) mass is 405 g/mol. The number of carbonyl (C=O) groups is 1. The first-order chi connectivity index (χ1) is 13.3. The van der Waals surface area contributed by atoms with Crippen molar-refractivity contribution in [1.29, 1.82) is 0 Å². The SMILES string of the molecule is O=C(NCCc1ccc(-c2cncc(Cl)c2)cc1)c1cccnc1C(F)(F)F. The minimum absolute atomic E-state index is 0.198. The number of alkyl halides is 3. The molecular formula is C20H15ClF3N3O. The van der Waals surface area contributed by atoms with E-state index in [1.54, 1.807) is 18.5 Å². The van der Waals surface area contributed by atoms with E-state index in [1.165, 1.54) is 6.07 Å². The molecule has 8 heteroatoms. The lowest BCUT2D eigenvalue weighted by Crippen LogP contribution is -2.28. The van der Waals surface area contributed by atoms with Gasteiger partial charge in [-0.05, 0) is 35.7 Å². The number of hydrogen-bond acceptors (Lipinski definition) is 3. The smallest absolute Gasteiger partial charge is 0.352 e. The molecule has 0 aliphatic carbocycles. The first-order valence-corrected chi connectivity index (χ1v) is 8.72. The van der Waals surface area contributed by atoms with Crippen LogP contribution in [0, 0.1) is 0 Å². The fourth-order valence-electron chi connectivity index (χ4n) is 2.66. The summed E-state index contributed by atoms with van der Waals surface area (Å²) in [6, 6.07) is 11.8. The Morgan fingerprint density at radius 1 is 1.07 bits per heavy atom. The van der Waals surface area contributed by atoms with Crippen LogP contribution in [0.15, 0.2) is 61.1 Å². The van der Waals surface area contributed by atoms with Gasteiger partial charge in [0, 0.05) is 30.7 Å². The van der Waals surface area contributed by atoms with Crippen molar-refractivity contribution in [2.45, 2.75) is 12.6 Å². The van der Waals surface area contributed by atoms with Crippen LogP contribution in [0.2, 0.25) is 5.02 Å². The van der Waals surface area contributed by atoms with Gasteiger partial charge in [-0.3, -0.25) is 14.8 Å². The lowest BCUT2D eigenvalue weighted by molar-refractivity contribution is -0.141. The van der Waals surface area contributed by atoms with Crippen LogP contribution < -0.4 is 5.32 Å². The molecular weight excluding hydrogens is 391 g/mol. The Hall–Kier alpha value is -2.93. The molecule has 28 heavy (non-hydrogen) atoms. The molecule has 144 valence electrons. The molecule has 1 aromatic carbocycles. The van der Waals surface area contributed by atoms with Gasteiger partial charge < -0.3 is 5.32 Å². The fraction of sp³-hybridized carbons (Fsp3) is 0.150. The van der Waals surface area contributed by atoms with Gasteiger partial charge in [-0.25, -0.2) is 0 Å². The summed E-state index contributed by atoms with van der Waals surface area (Å²) in [7, 11) is 0. The molecule has 4 nitrogen and oxygen atoms in total. The second-order valence-electron chi connectivity index (χ2n) is 5.99. The maximum Gasteiger partial charge on any atom is 0.434 e. The summed E-state index contributed by atoms with van der Waals surface area (Å²) in [5.41, 5.74) is 1.07. The van der Waals surface area contributed by atoms with E-state index in [-0.39, 0.29) is 6.54 Å². The Kier molecular flexibility index (Phi) is 5.94. The van der Waals surface area contributed by atoms with Crippen molar-refractivity contribution < 1.29 is 18.0 Å². The van der Waals surface area contributed by atoms with Gasteiger partial charge in [-0.15, -0.1) is 0 Å². The number of carbonyl (C=O) groups excluding carboxylic acids is 1. The van der Waals surface area contributed by atoms with E-state index in [1.807, 2.05) is 24.3 Å². The van der Waals surface area contributed by atoms with Gasteiger partial charge in [-0.1, -0.05) is 35.9 Å². The quantitative estimate of drug-likeness (QED) is 0.664. The third-order valence-electron chi connectivity index (χ3n) is 4.01. The highest BCUT2D eigenvalue weighted by Crippen LogP contribution is 2.30. The third kappa shape index (κ3) is 4.86. The van der Waals surface area contributed by atoms with Crippen LogP contribution in [0.1, 0.15) is 21.6 Å². The number of amides is 1. The fourth-order valence-corrected chi connectivity index (χ4v) is 2.84. The second-order valence-corrected chi connectivity index (χ2v) is 6.43. The van der Waals surface area contributed by atoms with Crippen LogP contribution in [-0.4, -0.2) is 22.4 Å². The molecule has 2 aromatic heterocycles. The Balaban J connectivity index is 1.61. The minimum atomic E-state index is -4.68. The predicted octanol–water partition coefficient (Wildman–Crippen LogP) is 4.79. The van der Waals surface area contributed by atoms with Crippen LogP contribution in [0.25, 0.3) is 11.1 Å². The van der Waals surface area contributed by atoms with Crippen LogP contribution in [0.4, 0.5) is 13.2 Å². The third-order valence-corrected chi connectivity index (χ3v) is 4.22. The number of pyridine rings is 2. The van der Waals surface area contributed by atoms with E-state index < -0.39 is 23.3 Å². The molecule has 0 spiro atoms. The van der Waals surface area contributed by atoms with E-state index >= 15 is 0 Å². The molecule has 0 aliphatic rings. The normalized spacial score (nSPS) is 11.3. The Labute approximate surface area is 164 Å². The maximum absolute atomic E-state index is 12.9. The largest absolute Gasteiger partial charge is 0.434 e. The predicted molar refractivity (Wildman–Crippen MR) is 100.0 cm³/mol. The first kappa shape index (κ1) is 19.8. The van der Waals surface area contributed by atoms with Gasteiger partial charge in [0.2, 0.25) is 0 Å². The van der Waals surface area contributed by atoms with Gasteiger partial charge in [-0.2, -0.15) is 13.2 Å². The van der Waals surface area contributed by atoms with Crippen molar-refractivity contribution in [2.75, 3.05) is 6.54 Å². The van der Waals surface area contributed by atoms with E-state index in [2.05, 4.69) is 15.3 Å². The number of benzene rings is 1. The lowest BCUT2D eigenvalue weighted by atomic mass is 10.0. The zero-order valence-electron chi connectivity index (χ0n) is 14.5. The zero-order chi connectivity index (χ0) is 20.1. The van der Waals surface area contributed by atoms with E-state index in [0.29, 0.717) is 11.4 Å². The van der Waals surface area contributed by atoms with Gasteiger partial charge in [0.1, 0.15) is 0 Å². The summed E-state index contributed by atoms with van der Waals surface area (Å²) in [5, 5.41) is 3.05. The Bertz CT molecular complexity index is 975. The number of rotatable bonds is 5. The molecule has 2 heterocycles. The maximum atomic E-state index is 12.9. The molecule has 3 aromatic rings. The number of hydrogen-bond donors (Lipinski definition) is 1. The zero-order valence-corrected chi connectivity index (χ0v) is 15.3.